The zero-order valence-corrected chi connectivity index (χ0v) is 11.1. The molecule has 7 heteroatoms. The lowest BCUT2D eigenvalue weighted by molar-refractivity contribution is 0.296. The molecular formula is C9H16N2O3S2. The molecular weight excluding hydrogens is 248 g/mol. The van der Waals surface area contributed by atoms with Crippen LogP contribution in [0.2, 0.25) is 0 Å². The van der Waals surface area contributed by atoms with Gasteiger partial charge in [0.15, 0.2) is 5.13 Å². The highest BCUT2D eigenvalue weighted by atomic mass is 32.2. The van der Waals surface area contributed by atoms with Crippen molar-refractivity contribution in [2.75, 3.05) is 11.3 Å². The maximum atomic E-state index is 11.6. The largest absolute Gasteiger partial charge is 0.395 e. The van der Waals surface area contributed by atoms with Gasteiger partial charge >= 0.3 is 0 Å². The van der Waals surface area contributed by atoms with Crippen molar-refractivity contribution in [3.8, 4) is 0 Å². The molecule has 1 atom stereocenters. The summed E-state index contributed by atoms with van der Waals surface area (Å²) in [5.41, 5.74) is 0.861. The summed E-state index contributed by atoms with van der Waals surface area (Å²) in [6, 6.07) is 0. The van der Waals surface area contributed by atoms with Crippen LogP contribution in [0, 0.1) is 0 Å². The molecule has 0 radical (unpaired) electrons. The van der Waals surface area contributed by atoms with E-state index in [9.17, 15) is 8.42 Å². The molecule has 2 N–H and O–H groups in total. The van der Waals surface area contributed by atoms with E-state index in [-0.39, 0.29) is 5.92 Å². The van der Waals surface area contributed by atoms with Gasteiger partial charge in [-0.05, 0) is 12.8 Å². The number of aliphatic hydroxyl groups is 1. The fourth-order valence-corrected chi connectivity index (χ4v) is 2.86. The Morgan fingerprint density at radius 2 is 2.12 bits per heavy atom. The first-order valence-electron chi connectivity index (χ1n) is 4.94. The number of hydrogen-bond acceptors (Lipinski definition) is 5. The van der Waals surface area contributed by atoms with Crippen LogP contribution in [0.25, 0.3) is 0 Å². The monoisotopic (exact) mass is 264 g/mol. The molecule has 0 aromatic carbocycles. The van der Waals surface area contributed by atoms with Crippen LogP contribution in [0.4, 0.5) is 5.13 Å². The summed E-state index contributed by atoms with van der Waals surface area (Å²) in [7, 11) is -3.53. The molecule has 1 rings (SSSR count). The number of nitrogens with zero attached hydrogens (tertiary/aromatic N) is 1. The minimum Gasteiger partial charge on any atom is -0.395 e. The van der Waals surface area contributed by atoms with Gasteiger partial charge in [-0.1, -0.05) is 13.8 Å². The van der Waals surface area contributed by atoms with Crippen LogP contribution in [-0.4, -0.2) is 30.4 Å². The van der Waals surface area contributed by atoms with Gasteiger partial charge in [0.2, 0.25) is 10.0 Å². The number of hydrogen-bond donors (Lipinski definition) is 2. The molecule has 0 saturated carbocycles. The minimum absolute atomic E-state index is 0.268. The van der Waals surface area contributed by atoms with Crippen molar-refractivity contribution < 1.29 is 13.5 Å². The molecule has 1 heterocycles. The Bertz CT molecular complexity index is 439. The first-order valence-corrected chi connectivity index (χ1v) is 7.37. The quantitative estimate of drug-likeness (QED) is 0.842. The fourth-order valence-electron chi connectivity index (χ4n) is 0.919. The van der Waals surface area contributed by atoms with E-state index in [0.29, 0.717) is 5.13 Å². The molecule has 5 nitrogen and oxygen atoms in total. The van der Waals surface area contributed by atoms with Gasteiger partial charge in [-0.2, -0.15) is 0 Å². The molecule has 0 saturated heterocycles. The van der Waals surface area contributed by atoms with Gasteiger partial charge in [0.05, 0.1) is 12.3 Å². The second-order valence-electron chi connectivity index (χ2n) is 3.87. The third kappa shape index (κ3) is 3.16. The Balaban J connectivity index is 2.81. The molecule has 1 aromatic heterocycles. The average molecular weight is 264 g/mol. The third-order valence-corrected chi connectivity index (χ3v) is 4.72. The predicted molar refractivity (Wildman–Crippen MR) is 65.3 cm³/mol. The van der Waals surface area contributed by atoms with Crippen LogP contribution in [0.1, 0.15) is 32.4 Å². The highest BCUT2D eigenvalue weighted by Crippen LogP contribution is 2.22. The summed E-state index contributed by atoms with van der Waals surface area (Å²) < 4.78 is 25.6. The van der Waals surface area contributed by atoms with Gasteiger partial charge in [-0.25, -0.2) is 13.4 Å². The first-order chi connectivity index (χ1) is 7.36. The Morgan fingerprint density at radius 3 is 2.56 bits per heavy atom. The zero-order chi connectivity index (χ0) is 12.3. The number of aliphatic hydroxyl groups excluding tert-OH is 1. The van der Waals surface area contributed by atoms with Gasteiger partial charge in [0.1, 0.15) is 5.25 Å². The average Bonchev–Trinajstić information content (AvgIpc) is 2.64. The molecule has 1 unspecified atom stereocenters. The number of sulfonamides is 1. The normalized spacial score (nSPS) is 14.1. The Morgan fingerprint density at radius 1 is 1.50 bits per heavy atom. The van der Waals surface area contributed by atoms with E-state index in [0.717, 1.165) is 5.69 Å². The van der Waals surface area contributed by atoms with Crippen molar-refractivity contribution in [2.24, 2.45) is 0 Å². The molecule has 0 fully saturated rings. The number of aromatic nitrogens is 1. The molecule has 0 bridgehead atoms. The van der Waals surface area contributed by atoms with E-state index in [4.69, 9.17) is 5.11 Å². The second-order valence-corrected chi connectivity index (χ2v) is 6.83. The van der Waals surface area contributed by atoms with E-state index in [1.807, 2.05) is 19.2 Å². The van der Waals surface area contributed by atoms with Gasteiger partial charge in [0, 0.05) is 5.38 Å². The molecule has 0 aliphatic carbocycles. The second kappa shape index (κ2) is 5.11. The maximum absolute atomic E-state index is 11.6. The van der Waals surface area contributed by atoms with Crippen molar-refractivity contribution in [1.29, 1.82) is 0 Å². The minimum atomic E-state index is -3.53. The van der Waals surface area contributed by atoms with Crippen LogP contribution in [0.3, 0.4) is 0 Å². The number of nitrogens with one attached hydrogen (secondary N) is 1. The Hall–Kier alpha value is -0.660. The molecule has 16 heavy (non-hydrogen) atoms. The summed E-state index contributed by atoms with van der Waals surface area (Å²) >= 11 is 1.25. The number of thiazole rings is 1. The molecule has 0 aliphatic rings. The SMILES string of the molecule is CC(C)c1csc(NS(=O)(=O)C(C)CO)n1. The van der Waals surface area contributed by atoms with Gasteiger partial charge in [-0.15, -0.1) is 11.3 Å². The summed E-state index contributed by atoms with van der Waals surface area (Å²) in [5, 5.41) is 10.1. The lowest BCUT2D eigenvalue weighted by Crippen LogP contribution is -2.28. The van der Waals surface area contributed by atoms with Crippen LogP contribution >= 0.6 is 11.3 Å². The standard InChI is InChI=1S/C9H16N2O3S2/c1-6(2)8-5-15-9(10-8)11-16(13,14)7(3)4-12/h5-7,12H,4H2,1-3H3,(H,10,11). The van der Waals surface area contributed by atoms with Gasteiger partial charge < -0.3 is 5.11 Å². The summed E-state index contributed by atoms with van der Waals surface area (Å²) in [6.45, 7) is 5.02. The first kappa shape index (κ1) is 13.4. The Labute approximate surface area is 99.6 Å². The maximum Gasteiger partial charge on any atom is 0.239 e. The van der Waals surface area contributed by atoms with E-state index in [2.05, 4.69) is 9.71 Å². The van der Waals surface area contributed by atoms with Crippen LogP contribution < -0.4 is 4.72 Å². The van der Waals surface area contributed by atoms with Crippen LogP contribution in [-0.2, 0) is 10.0 Å². The van der Waals surface area contributed by atoms with E-state index in [1.165, 1.54) is 18.3 Å². The predicted octanol–water partition coefficient (Wildman–Crippen LogP) is 1.39. The fraction of sp³-hybridized carbons (Fsp3) is 0.667. The summed E-state index contributed by atoms with van der Waals surface area (Å²) in [4.78, 5) is 4.16. The van der Waals surface area contributed by atoms with E-state index >= 15 is 0 Å². The van der Waals surface area contributed by atoms with Crippen molar-refractivity contribution in [1.82, 2.24) is 4.98 Å². The lowest BCUT2D eigenvalue weighted by Gasteiger charge is -2.09. The molecule has 1 aromatic rings. The van der Waals surface area contributed by atoms with Gasteiger partial charge in [-0.3, -0.25) is 4.72 Å². The number of rotatable bonds is 5. The topological polar surface area (TPSA) is 79.3 Å². The van der Waals surface area contributed by atoms with Crippen LogP contribution in [0.5, 0.6) is 0 Å². The highest BCUT2D eigenvalue weighted by Gasteiger charge is 2.21. The smallest absolute Gasteiger partial charge is 0.239 e. The van der Waals surface area contributed by atoms with E-state index < -0.39 is 21.9 Å². The molecule has 0 amide bonds. The molecule has 0 aliphatic heterocycles. The lowest BCUT2D eigenvalue weighted by atomic mass is 10.2. The van der Waals surface area contributed by atoms with Crippen molar-refractivity contribution in [2.45, 2.75) is 31.9 Å². The van der Waals surface area contributed by atoms with Gasteiger partial charge in [0.25, 0.3) is 0 Å². The Kier molecular flexibility index (Phi) is 4.28. The summed E-state index contributed by atoms with van der Waals surface area (Å²) in [5.74, 6) is 0.268. The number of anilines is 1. The summed E-state index contributed by atoms with van der Waals surface area (Å²) in [6.07, 6.45) is 0. The zero-order valence-electron chi connectivity index (χ0n) is 9.47. The van der Waals surface area contributed by atoms with Crippen molar-refractivity contribution in [3.05, 3.63) is 11.1 Å². The molecule has 92 valence electrons. The van der Waals surface area contributed by atoms with Crippen LogP contribution in [0.15, 0.2) is 5.38 Å². The van der Waals surface area contributed by atoms with Crippen molar-refractivity contribution in [3.63, 3.8) is 0 Å². The third-order valence-electron chi connectivity index (χ3n) is 2.13. The molecule has 0 spiro atoms. The van der Waals surface area contributed by atoms with Crippen molar-refractivity contribution >= 4 is 26.5 Å². The highest BCUT2D eigenvalue weighted by molar-refractivity contribution is 7.93. The van der Waals surface area contributed by atoms with E-state index in [1.54, 1.807) is 0 Å².